The number of rotatable bonds is 40. The summed E-state index contributed by atoms with van der Waals surface area (Å²) in [5.41, 5.74) is 0. The van der Waals surface area contributed by atoms with E-state index in [1.54, 1.807) is 0 Å². The Morgan fingerprint density at radius 1 is 0.533 bits per heavy atom. The minimum absolute atomic E-state index is 0.0149. The van der Waals surface area contributed by atoms with Crippen LogP contribution in [0.5, 0.6) is 0 Å². The van der Waals surface area contributed by atoms with Gasteiger partial charge in [-0.15, -0.1) is 0 Å². The number of likely N-dealkylation sites (N-methyl/N-ethyl adjacent to an activating group) is 1. The van der Waals surface area contributed by atoms with Crippen LogP contribution in [-0.4, -0.2) is 74.9 Å². The molecule has 0 saturated carbocycles. The Labute approximate surface area is 366 Å². The third-order valence-corrected chi connectivity index (χ3v) is 10.1. The van der Waals surface area contributed by atoms with E-state index in [0.29, 0.717) is 23.9 Å². The van der Waals surface area contributed by atoms with Gasteiger partial charge in [-0.25, -0.2) is 4.57 Å². The van der Waals surface area contributed by atoms with E-state index in [4.69, 9.17) is 18.5 Å². The maximum absolute atomic E-state index is 12.7. The molecule has 2 atom stereocenters. The third kappa shape index (κ3) is 44.5. The van der Waals surface area contributed by atoms with Crippen molar-refractivity contribution in [2.45, 2.75) is 161 Å². The normalized spacial score (nSPS) is 14.4. The zero-order valence-corrected chi connectivity index (χ0v) is 39.3. The highest BCUT2D eigenvalue weighted by molar-refractivity contribution is 7.47. The summed E-state index contributed by atoms with van der Waals surface area (Å²) in [7, 11) is 1.42. The van der Waals surface area contributed by atoms with Crippen molar-refractivity contribution >= 4 is 19.8 Å². The van der Waals surface area contributed by atoms with Gasteiger partial charge in [-0.05, 0) is 96.3 Å². The summed E-state index contributed by atoms with van der Waals surface area (Å²) in [6.07, 6.45) is 54.6. The standard InChI is InChI=1S/C50H84NO8P/c1-6-8-10-12-14-16-18-20-22-23-24-25-26-27-29-31-33-35-37-39-41-43-50(53)59-48(47-58-60(54,55)57-45-44-51(3,4)5)46-56-49(52)42-40-38-36-34-32-30-28-21-19-17-15-13-11-9-7-2/h8,10,14-17,20-22,24-25,27-29,33,35,48H,6-7,9,11-13,18-19,23,26,30-32,34,36-47H2,1-5H3/p+1/b10-8-,16-14-,17-15-,22-20-,25-24-,28-21-,29-27-,35-33-. The molecule has 0 amide bonds. The van der Waals surface area contributed by atoms with Crippen molar-refractivity contribution in [3.63, 3.8) is 0 Å². The number of quaternary nitrogens is 1. The first-order valence-corrected chi connectivity index (χ1v) is 24.5. The molecule has 0 heterocycles. The Morgan fingerprint density at radius 2 is 0.950 bits per heavy atom. The number of unbranched alkanes of at least 4 members (excludes halogenated alkanes) is 10. The van der Waals surface area contributed by atoms with Gasteiger partial charge in [0, 0.05) is 12.8 Å². The number of phosphoric ester groups is 1. The van der Waals surface area contributed by atoms with E-state index in [1.165, 1.54) is 25.7 Å². The number of hydrogen-bond acceptors (Lipinski definition) is 7. The highest BCUT2D eigenvalue weighted by Gasteiger charge is 2.27. The molecule has 0 aromatic carbocycles. The second-order valence-electron chi connectivity index (χ2n) is 16.0. The topological polar surface area (TPSA) is 108 Å². The van der Waals surface area contributed by atoms with E-state index in [-0.39, 0.29) is 26.1 Å². The number of ether oxygens (including phenoxy) is 2. The van der Waals surface area contributed by atoms with E-state index < -0.39 is 32.5 Å². The van der Waals surface area contributed by atoms with Crippen LogP contribution in [0.25, 0.3) is 0 Å². The molecule has 0 rings (SSSR count). The number of phosphoric acid groups is 1. The molecule has 60 heavy (non-hydrogen) atoms. The molecule has 1 N–H and O–H groups in total. The third-order valence-electron chi connectivity index (χ3n) is 9.10. The quantitative estimate of drug-likeness (QED) is 0.0213. The van der Waals surface area contributed by atoms with Crippen LogP contribution in [0.3, 0.4) is 0 Å². The van der Waals surface area contributed by atoms with Crippen LogP contribution in [0, 0.1) is 0 Å². The van der Waals surface area contributed by atoms with E-state index in [9.17, 15) is 19.0 Å². The smallest absolute Gasteiger partial charge is 0.462 e. The molecule has 0 radical (unpaired) electrons. The molecule has 9 nitrogen and oxygen atoms in total. The van der Waals surface area contributed by atoms with Crippen molar-refractivity contribution in [3.05, 3.63) is 97.2 Å². The molecule has 0 spiro atoms. The molecule has 10 heteroatoms. The van der Waals surface area contributed by atoms with Gasteiger partial charge in [-0.3, -0.25) is 18.6 Å². The number of esters is 2. The number of allylic oxidation sites excluding steroid dienone is 16. The lowest BCUT2D eigenvalue weighted by Crippen LogP contribution is -2.37. The SMILES string of the molecule is CC/C=C\C/C=C\C/C=C\C/C=C\C/C=C\C/C=C\CCCCC(=O)OC(COC(=O)CCCCCCC/C=C\C/C=C\CCCCC)COP(=O)(O)OCC[N+](C)(C)C. The molecular weight excluding hydrogens is 774 g/mol. The second-order valence-corrected chi connectivity index (χ2v) is 17.5. The van der Waals surface area contributed by atoms with Gasteiger partial charge in [0.25, 0.3) is 0 Å². The van der Waals surface area contributed by atoms with Gasteiger partial charge in [0.15, 0.2) is 6.10 Å². The molecule has 0 bridgehead atoms. The van der Waals surface area contributed by atoms with Crippen LogP contribution in [0.4, 0.5) is 0 Å². The first-order chi connectivity index (χ1) is 29.0. The van der Waals surface area contributed by atoms with Crippen molar-refractivity contribution in [2.75, 3.05) is 47.5 Å². The average molecular weight is 859 g/mol. The predicted octanol–water partition coefficient (Wildman–Crippen LogP) is 13.4. The monoisotopic (exact) mass is 859 g/mol. The fourth-order valence-corrected chi connectivity index (χ4v) is 6.26. The number of carbonyl (C=O) groups excluding carboxylic acids is 2. The Kier molecular flexibility index (Phi) is 39.2. The molecule has 0 fully saturated rings. The summed E-state index contributed by atoms with van der Waals surface area (Å²) in [6.45, 7) is 4.19. The minimum atomic E-state index is -4.40. The summed E-state index contributed by atoms with van der Waals surface area (Å²) < 4.78 is 34.3. The van der Waals surface area contributed by atoms with Crippen molar-refractivity contribution in [3.8, 4) is 0 Å². The van der Waals surface area contributed by atoms with Crippen molar-refractivity contribution in [1.29, 1.82) is 0 Å². The summed E-state index contributed by atoms with van der Waals surface area (Å²) >= 11 is 0. The van der Waals surface area contributed by atoms with Gasteiger partial charge in [0.05, 0.1) is 27.7 Å². The van der Waals surface area contributed by atoms with Crippen LogP contribution in [0.15, 0.2) is 97.2 Å². The van der Waals surface area contributed by atoms with E-state index in [2.05, 4.69) is 111 Å². The summed E-state index contributed by atoms with van der Waals surface area (Å²) in [5.74, 6) is -0.876. The molecule has 0 aromatic heterocycles. The molecule has 2 unspecified atom stereocenters. The molecule has 0 saturated heterocycles. The minimum Gasteiger partial charge on any atom is -0.462 e. The van der Waals surface area contributed by atoms with Crippen LogP contribution in [-0.2, 0) is 32.7 Å². The maximum atomic E-state index is 12.7. The first kappa shape index (κ1) is 56.9. The van der Waals surface area contributed by atoms with Gasteiger partial charge in [-0.1, -0.05) is 143 Å². The Bertz CT molecular complexity index is 1340. The molecular formula is C50H85NO8P+. The highest BCUT2D eigenvalue weighted by Crippen LogP contribution is 2.43. The highest BCUT2D eigenvalue weighted by atomic mass is 31.2. The number of carbonyl (C=O) groups is 2. The first-order valence-electron chi connectivity index (χ1n) is 23.0. The van der Waals surface area contributed by atoms with Crippen LogP contribution < -0.4 is 0 Å². The lowest BCUT2D eigenvalue weighted by Gasteiger charge is -2.24. The largest absolute Gasteiger partial charge is 0.472 e. The summed E-state index contributed by atoms with van der Waals surface area (Å²) in [6, 6.07) is 0. The Hall–Kier alpha value is -3.07. The van der Waals surface area contributed by atoms with Gasteiger partial charge < -0.3 is 18.9 Å². The number of hydrogen-bond donors (Lipinski definition) is 1. The average Bonchev–Trinajstić information content (AvgIpc) is 3.20. The van der Waals surface area contributed by atoms with Crippen LogP contribution in [0.2, 0.25) is 0 Å². The fraction of sp³-hybridized carbons (Fsp3) is 0.640. The lowest BCUT2D eigenvalue weighted by atomic mass is 10.1. The molecule has 0 aromatic rings. The molecule has 342 valence electrons. The van der Waals surface area contributed by atoms with Gasteiger partial charge in [0.1, 0.15) is 19.8 Å². The van der Waals surface area contributed by atoms with Crippen LogP contribution in [0.1, 0.15) is 155 Å². The maximum Gasteiger partial charge on any atom is 0.472 e. The lowest BCUT2D eigenvalue weighted by molar-refractivity contribution is -0.870. The Balaban J connectivity index is 4.47. The van der Waals surface area contributed by atoms with Gasteiger partial charge in [0.2, 0.25) is 0 Å². The second kappa shape index (κ2) is 41.3. The molecule has 0 aliphatic heterocycles. The fourth-order valence-electron chi connectivity index (χ4n) is 5.52. The van der Waals surface area contributed by atoms with E-state index in [1.807, 2.05) is 21.1 Å². The van der Waals surface area contributed by atoms with Gasteiger partial charge in [-0.2, -0.15) is 0 Å². The van der Waals surface area contributed by atoms with Crippen LogP contribution >= 0.6 is 7.82 Å². The van der Waals surface area contributed by atoms with Crippen molar-refractivity contribution in [2.24, 2.45) is 0 Å². The van der Waals surface area contributed by atoms with E-state index >= 15 is 0 Å². The Morgan fingerprint density at radius 3 is 1.45 bits per heavy atom. The van der Waals surface area contributed by atoms with Crippen molar-refractivity contribution < 1.29 is 42.1 Å². The zero-order valence-electron chi connectivity index (χ0n) is 38.4. The summed E-state index contributed by atoms with van der Waals surface area (Å²) in [5, 5.41) is 0. The van der Waals surface area contributed by atoms with Crippen molar-refractivity contribution in [1.82, 2.24) is 0 Å². The van der Waals surface area contributed by atoms with Gasteiger partial charge >= 0.3 is 19.8 Å². The molecule has 0 aliphatic rings. The zero-order chi connectivity index (χ0) is 44.3. The summed E-state index contributed by atoms with van der Waals surface area (Å²) in [4.78, 5) is 35.4. The predicted molar refractivity (Wildman–Crippen MR) is 252 cm³/mol. The number of nitrogens with zero attached hydrogens (tertiary/aromatic N) is 1. The van der Waals surface area contributed by atoms with E-state index in [0.717, 1.165) is 89.9 Å². The molecule has 0 aliphatic carbocycles.